The maximum Gasteiger partial charge on any atom is 0.221 e. The van der Waals surface area contributed by atoms with Crippen LogP contribution in [0.4, 0.5) is 0 Å². The van der Waals surface area contributed by atoms with Crippen molar-refractivity contribution in [3.05, 3.63) is 70.3 Å². The Kier molecular flexibility index (Phi) is 4.18. The molecule has 0 aliphatic carbocycles. The third kappa shape index (κ3) is 3.06. The minimum absolute atomic E-state index is 0.0273. The van der Waals surface area contributed by atoms with Crippen LogP contribution in [0.15, 0.2) is 59.2 Å². The Morgan fingerprint density at radius 1 is 1.00 bits per heavy atom. The average molecular weight is 344 g/mol. The van der Waals surface area contributed by atoms with Crippen LogP contribution in [0, 0.1) is 0 Å². The highest BCUT2D eigenvalue weighted by Crippen LogP contribution is 2.26. The average Bonchev–Trinajstić information content (AvgIpc) is 2.54. The van der Waals surface area contributed by atoms with Crippen LogP contribution in [0.2, 0.25) is 0 Å². The Morgan fingerprint density at radius 2 is 1.71 bits per heavy atom. The minimum atomic E-state index is -0.0273. The van der Waals surface area contributed by atoms with Gasteiger partial charge in [0.1, 0.15) is 6.61 Å². The van der Waals surface area contributed by atoms with Crippen molar-refractivity contribution in [1.82, 2.24) is 4.98 Å². The van der Waals surface area contributed by atoms with Crippen molar-refractivity contribution in [2.75, 3.05) is 0 Å². The van der Waals surface area contributed by atoms with Gasteiger partial charge in [-0.05, 0) is 29.1 Å². The lowest BCUT2D eigenvalue weighted by Crippen LogP contribution is -1.99. The van der Waals surface area contributed by atoms with Crippen LogP contribution in [0.25, 0.3) is 10.8 Å². The molecule has 4 heteroatoms. The van der Waals surface area contributed by atoms with Crippen molar-refractivity contribution in [3.8, 4) is 5.88 Å². The number of hydrogen-bond acceptors (Lipinski definition) is 3. The summed E-state index contributed by atoms with van der Waals surface area (Å²) in [4.78, 5) is 4.32. The Balaban J connectivity index is 1.89. The molecule has 0 amide bonds. The van der Waals surface area contributed by atoms with Crippen LogP contribution in [-0.4, -0.2) is 10.1 Å². The van der Waals surface area contributed by atoms with Crippen LogP contribution >= 0.6 is 15.9 Å². The molecule has 21 heavy (non-hydrogen) atoms. The second-order valence-electron chi connectivity index (χ2n) is 4.71. The van der Waals surface area contributed by atoms with E-state index >= 15 is 0 Å². The van der Waals surface area contributed by atoms with E-state index in [1.54, 1.807) is 6.20 Å². The number of fused-ring (bicyclic) bond motifs is 1. The predicted molar refractivity (Wildman–Crippen MR) is 86.1 cm³/mol. The Hall–Kier alpha value is -1.91. The van der Waals surface area contributed by atoms with Gasteiger partial charge in [-0.1, -0.05) is 46.3 Å². The quantitative estimate of drug-likeness (QED) is 0.776. The first kappa shape index (κ1) is 14.0. The zero-order chi connectivity index (χ0) is 14.7. The SMILES string of the molecule is OCc1cnc(OCc2ccc(Br)cc2)c2ccccc12. The van der Waals surface area contributed by atoms with E-state index in [4.69, 9.17) is 4.74 Å². The molecule has 0 saturated heterocycles. The first-order chi connectivity index (χ1) is 10.3. The van der Waals surface area contributed by atoms with Gasteiger partial charge in [0.05, 0.1) is 6.61 Å². The number of rotatable bonds is 4. The Morgan fingerprint density at radius 3 is 2.43 bits per heavy atom. The zero-order valence-corrected chi connectivity index (χ0v) is 12.9. The normalized spacial score (nSPS) is 10.8. The van der Waals surface area contributed by atoms with E-state index < -0.39 is 0 Å². The summed E-state index contributed by atoms with van der Waals surface area (Å²) in [5.41, 5.74) is 1.89. The molecule has 1 aromatic heterocycles. The number of aliphatic hydroxyl groups is 1. The number of hydrogen-bond donors (Lipinski definition) is 1. The summed E-state index contributed by atoms with van der Waals surface area (Å²) in [6, 6.07) is 15.8. The van der Waals surface area contributed by atoms with Gasteiger partial charge in [0.2, 0.25) is 5.88 Å². The van der Waals surface area contributed by atoms with Crippen molar-refractivity contribution in [1.29, 1.82) is 0 Å². The molecule has 0 aliphatic heterocycles. The molecular weight excluding hydrogens is 330 g/mol. The van der Waals surface area contributed by atoms with Gasteiger partial charge in [-0.25, -0.2) is 4.98 Å². The molecule has 3 aromatic rings. The van der Waals surface area contributed by atoms with E-state index in [2.05, 4.69) is 20.9 Å². The summed E-state index contributed by atoms with van der Waals surface area (Å²) < 4.78 is 6.88. The fraction of sp³-hybridized carbons (Fsp3) is 0.118. The largest absolute Gasteiger partial charge is 0.472 e. The molecule has 0 bridgehead atoms. The molecule has 106 valence electrons. The molecule has 3 rings (SSSR count). The van der Waals surface area contributed by atoms with E-state index in [1.807, 2.05) is 48.5 Å². The number of halogens is 1. The molecule has 0 radical (unpaired) electrons. The Bertz CT molecular complexity index is 756. The highest BCUT2D eigenvalue weighted by Gasteiger charge is 2.07. The molecule has 1 heterocycles. The van der Waals surface area contributed by atoms with Gasteiger partial charge < -0.3 is 9.84 Å². The number of aromatic nitrogens is 1. The standard InChI is InChI=1S/C17H14BrNO2/c18-14-7-5-12(6-8-14)11-21-17-16-4-2-1-3-15(16)13(10-20)9-19-17/h1-9,20H,10-11H2. The van der Waals surface area contributed by atoms with Gasteiger partial charge in [0, 0.05) is 21.6 Å². The van der Waals surface area contributed by atoms with Crippen molar-refractivity contribution >= 4 is 26.7 Å². The molecule has 0 atom stereocenters. The highest BCUT2D eigenvalue weighted by molar-refractivity contribution is 9.10. The molecule has 0 saturated carbocycles. The molecular formula is C17H14BrNO2. The summed E-state index contributed by atoms with van der Waals surface area (Å²) >= 11 is 3.41. The number of pyridine rings is 1. The van der Waals surface area contributed by atoms with Crippen molar-refractivity contribution in [2.45, 2.75) is 13.2 Å². The first-order valence-electron chi connectivity index (χ1n) is 6.62. The summed E-state index contributed by atoms with van der Waals surface area (Å²) in [5, 5.41) is 11.3. The zero-order valence-electron chi connectivity index (χ0n) is 11.3. The van der Waals surface area contributed by atoms with Gasteiger partial charge in [-0.2, -0.15) is 0 Å². The third-order valence-electron chi connectivity index (χ3n) is 3.30. The number of nitrogens with zero attached hydrogens (tertiary/aromatic N) is 1. The van der Waals surface area contributed by atoms with Crippen LogP contribution < -0.4 is 4.74 Å². The lowest BCUT2D eigenvalue weighted by atomic mass is 10.1. The third-order valence-corrected chi connectivity index (χ3v) is 3.83. The maximum atomic E-state index is 9.38. The molecule has 2 aromatic carbocycles. The van der Waals surface area contributed by atoms with Crippen LogP contribution in [0.3, 0.4) is 0 Å². The maximum absolute atomic E-state index is 9.38. The lowest BCUT2D eigenvalue weighted by molar-refractivity contribution is 0.280. The second-order valence-corrected chi connectivity index (χ2v) is 5.62. The van der Waals surface area contributed by atoms with Crippen LogP contribution in [0.1, 0.15) is 11.1 Å². The molecule has 1 N–H and O–H groups in total. The highest BCUT2D eigenvalue weighted by atomic mass is 79.9. The topological polar surface area (TPSA) is 42.4 Å². The molecule has 0 aliphatic rings. The summed E-state index contributed by atoms with van der Waals surface area (Å²) in [6.45, 7) is 0.434. The summed E-state index contributed by atoms with van der Waals surface area (Å²) in [5.74, 6) is 0.589. The van der Waals surface area contributed by atoms with Gasteiger partial charge in [-0.3, -0.25) is 0 Å². The van der Waals surface area contributed by atoms with Crippen molar-refractivity contribution < 1.29 is 9.84 Å². The smallest absolute Gasteiger partial charge is 0.221 e. The monoisotopic (exact) mass is 343 g/mol. The number of aliphatic hydroxyl groups excluding tert-OH is 1. The van der Waals surface area contributed by atoms with Crippen LogP contribution in [0.5, 0.6) is 5.88 Å². The van der Waals surface area contributed by atoms with Gasteiger partial charge in [0.15, 0.2) is 0 Å². The number of ether oxygens (including phenoxy) is 1. The van der Waals surface area contributed by atoms with Gasteiger partial charge in [-0.15, -0.1) is 0 Å². The molecule has 0 spiro atoms. The summed E-state index contributed by atoms with van der Waals surface area (Å²) in [6.07, 6.45) is 1.67. The second kappa shape index (κ2) is 6.24. The van der Waals surface area contributed by atoms with Gasteiger partial charge >= 0.3 is 0 Å². The van der Waals surface area contributed by atoms with Crippen LogP contribution in [-0.2, 0) is 13.2 Å². The van der Waals surface area contributed by atoms with Crippen molar-refractivity contribution in [3.63, 3.8) is 0 Å². The minimum Gasteiger partial charge on any atom is -0.472 e. The van der Waals surface area contributed by atoms with E-state index in [-0.39, 0.29) is 6.61 Å². The van der Waals surface area contributed by atoms with E-state index in [0.29, 0.717) is 12.5 Å². The molecule has 3 nitrogen and oxygen atoms in total. The summed E-state index contributed by atoms with van der Waals surface area (Å²) in [7, 11) is 0. The Labute approximate surface area is 131 Å². The lowest BCUT2D eigenvalue weighted by Gasteiger charge is -2.10. The molecule has 0 unspecified atom stereocenters. The van der Waals surface area contributed by atoms with E-state index in [9.17, 15) is 5.11 Å². The fourth-order valence-corrected chi connectivity index (χ4v) is 2.46. The fourth-order valence-electron chi connectivity index (χ4n) is 2.20. The van der Waals surface area contributed by atoms with E-state index in [1.165, 1.54) is 0 Å². The van der Waals surface area contributed by atoms with Gasteiger partial charge in [0.25, 0.3) is 0 Å². The molecule has 0 fully saturated rings. The number of benzene rings is 2. The predicted octanol–water partition coefficient (Wildman–Crippen LogP) is 4.07. The van der Waals surface area contributed by atoms with E-state index in [0.717, 1.165) is 26.4 Å². The first-order valence-corrected chi connectivity index (χ1v) is 7.42. The van der Waals surface area contributed by atoms with Crippen molar-refractivity contribution in [2.24, 2.45) is 0 Å².